The number of nitrogens with one attached hydrogen (secondary N) is 1. The first-order chi connectivity index (χ1) is 9.47. The van der Waals surface area contributed by atoms with Gasteiger partial charge in [0.1, 0.15) is 0 Å². The van der Waals surface area contributed by atoms with E-state index in [1.807, 2.05) is 17.0 Å². The summed E-state index contributed by atoms with van der Waals surface area (Å²) in [4.78, 5) is 1.95. The zero-order chi connectivity index (χ0) is 14.3. The first kappa shape index (κ1) is 16.4. The number of likely N-dealkylation sites (tertiary alicyclic amines) is 1. The van der Waals surface area contributed by atoms with Gasteiger partial charge in [-0.3, -0.25) is 4.90 Å². The van der Waals surface area contributed by atoms with Gasteiger partial charge in [-0.2, -0.15) is 13.2 Å². The fourth-order valence-corrected chi connectivity index (χ4v) is 3.43. The van der Waals surface area contributed by atoms with E-state index in [9.17, 15) is 13.2 Å². The summed E-state index contributed by atoms with van der Waals surface area (Å²) in [5.74, 6) is -1.19. The second-order valence-electron chi connectivity index (χ2n) is 5.78. The lowest BCUT2D eigenvalue weighted by atomic mass is 10.0. The highest BCUT2D eigenvalue weighted by Crippen LogP contribution is 2.39. The van der Waals surface area contributed by atoms with E-state index in [2.05, 4.69) is 11.4 Å². The van der Waals surface area contributed by atoms with E-state index >= 15 is 0 Å². The predicted octanol–water partition coefficient (Wildman–Crippen LogP) is 3.85. The van der Waals surface area contributed by atoms with Crippen LogP contribution in [0, 0.1) is 5.92 Å². The Morgan fingerprint density at radius 1 is 1.33 bits per heavy atom. The number of hydrogen-bond acceptors (Lipinski definition) is 2. The van der Waals surface area contributed by atoms with Crippen molar-refractivity contribution in [3.8, 4) is 0 Å². The molecule has 6 heteroatoms. The van der Waals surface area contributed by atoms with Crippen LogP contribution in [0.15, 0.2) is 18.2 Å². The molecule has 0 aliphatic carbocycles. The predicted molar refractivity (Wildman–Crippen MR) is 79.9 cm³/mol. The maximum atomic E-state index is 12.9. The van der Waals surface area contributed by atoms with Crippen LogP contribution in [0.4, 0.5) is 18.9 Å². The van der Waals surface area contributed by atoms with Gasteiger partial charge in [0, 0.05) is 24.8 Å². The molecular formula is C15H20ClF3N2. The van der Waals surface area contributed by atoms with E-state index in [1.54, 1.807) is 6.92 Å². The van der Waals surface area contributed by atoms with Gasteiger partial charge >= 0.3 is 6.18 Å². The molecule has 0 radical (unpaired) electrons. The van der Waals surface area contributed by atoms with E-state index in [0.29, 0.717) is 13.1 Å². The molecule has 2 unspecified atom stereocenters. The van der Waals surface area contributed by atoms with Gasteiger partial charge in [-0.25, -0.2) is 0 Å². The summed E-state index contributed by atoms with van der Waals surface area (Å²) in [6.07, 6.45) is -2.86. The lowest BCUT2D eigenvalue weighted by Crippen LogP contribution is -2.36. The van der Waals surface area contributed by atoms with E-state index in [0.717, 1.165) is 24.2 Å². The van der Waals surface area contributed by atoms with Crippen molar-refractivity contribution in [2.75, 3.05) is 18.4 Å². The quantitative estimate of drug-likeness (QED) is 0.890. The molecule has 0 spiro atoms. The van der Waals surface area contributed by atoms with Crippen molar-refractivity contribution >= 4 is 18.1 Å². The van der Waals surface area contributed by atoms with Crippen molar-refractivity contribution in [2.24, 2.45) is 5.92 Å². The van der Waals surface area contributed by atoms with Crippen LogP contribution in [-0.4, -0.2) is 30.2 Å². The summed E-state index contributed by atoms with van der Waals surface area (Å²) >= 11 is 0. The number of halogens is 4. The highest BCUT2D eigenvalue weighted by molar-refractivity contribution is 5.85. The Morgan fingerprint density at radius 3 is 2.76 bits per heavy atom. The smallest absolute Gasteiger partial charge is 0.384 e. The van der Waals surface area contributed by atoms with Gasteiger partial charge in [-0.05, 0) is 37.4 Å². The van der Waals surface area contributed by atoms with E-state index in [1.165, 1.54) is 5.56 Å². The number of hydrogen-bond donors (Lipinski definition) is 1. The standard InChI is InChI=1S/C15H19F3N2.ClH/c1-10-13(15(16,17)18)6-8-20(10)9-12-4-2-3-11-5-7-19-14(11)12;/h2-4,10,13,19H,5-9H2,1H3;1H. The molecule has 2 aliphatic heterocycles. The number of fused-ring (bicyclic) bond motifs is 1. The number of benzene rings is 1. The molecule has 3 rings (SSSR count). The average molecular weight is 321 g/mol. The minimum atomic E-state index is -4.08. The Kier molecular flexibility index (Phi) is 4.73. The summed E-state index contributed by atoms with van der Waals surface area (Å²) in [6.45, 7) is 3.74. The molecule has 1 N–H and O–H groups in total. The highest BCUT2D eigenvalue weighted by atomic mass is 35.5. The third-order valence-corrected chi connectivity index (χ3v) is 4.61. The highest BCUT2D eigenvalue weighted by Gasteiger charge is 2.48. The Hall–Kier alpha value is -0.940. The third kappa shape index (κ3) is 3.14. The average Bonchev–Trinajstić information content (AvgIpc) is 2.96. The number of nitrogens with zero attached hydrogens (tertiary/aromatic N) is 1. The summed E-state index contributed by atoms with van der Waals surface area (Å²) in [5.41, 5.74) is 3.53. The fourth-order valence-electron chi connectivity index (χ4n) is 3.43. The van der Waals surface area contributed by atoms with Crippen LogP contribution in [0.25, 0.3) is 0 Å². The van der Waals surface area contributed by atoms with Gasteiger partial charge < -0.3 is 5.32 Å². The first-order valence-electron chi connectivity index (χ1n) is 7.12. The maximum Gasteiger partial charge on any atom is 0.393 e. The van der Waals surface area contributed by atoms with Crippen molar-refractivity contribution < 1.29 is 13.2 Å². The van der Waals surface area contributed by atoms with Crippen molar-refractivity contribution in [1.82, 2.24) is 4.90 Å². The molecule has 2 nitrogen and oxygen atoms in total. The fraction of sp³-hybridized carbons (Fsp3) is 0.600. The summed E-state index contributed by atoms with van der Waals surface area (Å²) in [6, 6.07) is 5.67. The summed E-state index contributed by atoms with van der Waals surface area (Å²) < 4.78 is 38.7. The zero-order valence-corrected chi connectivity index (χ0v) is 12.7. The zero-order valence-electron chi connectivity index (χ0n) is 11.9. The van der Waals surface area contributed by atoms with Crippen LogP contribution in [0.2, 0.25) is 0 Å². The molecule has 2 heterocycles. The Bertz CT molecular complexity index is 504. The van der Waals surface area contributed by atoms with Gasteiger partial charge in [-0.1, -0.05) is 18.2 Å². The van der Waals surface area contributed by atoms with Crippen LogP contribution in [0.5, 0.6) is 0 Å². The molecule has 0 bridgehead atoms. The Labute approximate surface area is 129 Å². The summed E-state index contributed by atoms with van der Waals surface area (Å²) in [5, 5.41) is 3.35. The van der Waals surface area contributed by atoms with Gasteiger partial charge in [-0.15, -0.1) is 12.4 Å². The van der Waals surface area contributed by atoms with Crippen LogP contribution in [0.3, 0.4) is 0 Å². The molecule has 1 fully saturated rings. The molecule has 2 atom stereocenters. The number of alkyl halides is 3. The molecule has 21 heavy (non-hydrogen) atoms. The molecule has 118 valence electrons. The van der Waals surface area contributed by atoms with Gasteiger partial charge in [0.15, 0.2) is 0 Å². The van der Waals surface area contributed by atoms with Crippen LogP contribution < -0.4 is 5.32 Å². The van der Waals surface area contributed by atoms with E-state index in [-0.39, 0.29) is 18.8 Å². The third-order valence-electron chi connectivity index (χ3n) is 4.61. The second-order valence-corrected chi connectivity index (χ2v) is 5.78. The van der Waals surface area contributed by atoms with Crippen molar-refractivity contribution in [1.29, 1.82) is 0 Å². The molecular weight excluding hydrogens is 301 g/mol. The molecule has 0 amide bonds. The summed E-state index contributed by atoms with van der Waals surface area (Å²) in [7, 11) is 0. The molecule has 0 saturated carbocycles. The van der Waals surface area contributed by atoms with Crippen molar-refractivity contribution in [2.45, 2.75) is 38.5 Å². The molecule has 1 aromatic rings. The first-order valence-corrected chi connectivity index (χ1v) is 7.12. The number of rotatable bonds is 2. The largest absolute Gasteiger partial charge is 0.393 e. The Morgan fingerprint density at radius 2 is 2.10 bits per heavy atom. The molecule has 1 saturated heterocycles. The second kappa shape index (κ2) is 6.05. The Balaban J connectivity index is 0.00000161. The van der Waals surface area contributed by atoms with Crippen LogP contribution in [0.1, 0.15) is 24.5 Å². The van der Waals surface area contributed by atoms with E-state index < -0.39 is 18.1 Å². The number of para-hydroxylation sites is 1. The topological polar surface area (TPSA) is 15.3 Å². The van der Waals surface area contributed by atoms with E-state index in [4.69, 9.17) is 0 Å². The molecule has 0 aromatic heterocycles. The van der Waals surface area contributed by atoms with Gasteiger partial charge in [0.05, 0.1) is 5.92 Å². The van der Waals surface area contributed by atoms with Crippen LogP contribution in [-0.2, 0) is 13.0 Å². The van der Waals surface area contributed by atoms with Crippen molar-refractivity contribution in [3.05, 3.63) is 29.3 Å². The molecule has 1 aromatic carbocycles. The SMILES string of the molecule is CC1C(C(F)(F)F)CCN1Cc1cccc2c1NCC2.Cl. The lowest BCUT2D eigenvalue weighted by Gasteiger charge is -2.26. The van der Waals surface area contributed by atoms with Gasteiger partial charge in [0.25, 0.3) is 0 Å². The molecule has 2 aliphatic rings. The van der Waals surface area contributed by atoms with Crippen molar-refractivity contribution in [3.63, 3.8) is 0 Å². The number of anilines is 1. The monoisotopic (exact) mass is 320 g/mol. The minimum Gasteiger partial charge on any atom is -0.384 e. The normalized spacial score (nSPS) is 25.3. The minimum absolute atomic E-state index is 0. The lowest BCUT2D eigenvalue weighted by molar-refractivity contribution is -0.178. The maximum absolute atomic E-state index is 12.9. The van der Waals surface area contributed by atoms with Crippen LogP contribution >= 0.6 is 12.4 Å². The van der Waals surface area contributed by atoms with Gasteiger partial charge in [0.2, 0.25) is 0 Å².